The molecule has 2 aromatic rings. The van der Waals surface area contributed by atoms with Crippen LogP contribution < -0.4 is 20.3 Å². The van der Waals surface area contributed by atoms with Gasteiger partial charge in [-0.25, -0.2) is 0 Å². The van der Waals surface area contributed by atoms with Gasteiger partial charge in [0.15, 0.2) is 0 Å². The molecule has 2 aliphatic heterocycles. The number of fused-ring (bicyclic) bond motifs is 2. The van der Waals surface area contributed by atoms with E-state index in [0.29, 0.717) is 18.1 Å². The van der Waals surface area contributed by atoms with E-state index in [1.54, 1.807) is 6.20 Å². The average Bonchev–Trinajstić information content (AvgIpc) is 3.14. The van der Waals surface area contributed by atoms with Gasteiger partial charge in [0.1, 0.15) is 12.4 Å². The zero-order chi connectivity index (χ0) is 19.8. The van der Waals surface area contributed by atoms with Crippen LogP contribution in [-0.4, -0.2) is 49.7 Å². The monoisotopic (exact) mass is 392 g/mol. The van der Waals surface area contributed by atoms with E-state index < -0.39 is 0 Å². The molecule has 29 heavy (non-hydrogen) atoms. The van der Waals surface area contributed by atoms with E-state index in [9.17, 15) is 4.79 Å². The van der Waals surface area contributed by atoms with Crippen molar-refractivity contribution in [1.82, 2.24) is 15.6 Å². The lowest BCUT2D eigenvalue weighted by Crippen LogP contribution is -2.44. The summed E-state index contributed by atoms with van der Waals surface area (Å²) in [6.45, 7) is 6.77. The Kier molecular flexibility index (Phi) is 4.87. The first kappa shape index (κ1) is 18.4. The van der Waals surface area contributed by atoms with Crippen molar-refractivity contribution < 1.29 is 9.53 Å². The lowest BCUT2D eigenvalue weighted by atomic mass is 10.0. The summed E-state index contributed by atoms with van der Waals surface area (Å²) < 4.78 is 6.02. The molecule has 0 spiro atoms. The number of carbonyl (C=O) groups excluding carboxylic acids is 1. The predicted molar refractivity (Wildman–Crippen MR) is 113 cm³/mol. The Morgan fingerprint density at radius 3 is 2.97 bits per heavy atom. The van der Waals surface area contributed by atoms with E-state index in [0.717, 1.165) is 62.4 Å². The fraction of sp³-hybridized carbons (Fsp3) is 0.478. The Bertz CT molecular complexity index is 923. The number of amides is 1. The second-order valence-corrected chi connectivity index (χ2v) is 8.42. The fourth-order valence-corrected chi connectivity index (χ4v) is 4.64. The SMILES string of the molecule is C[C@@H]1CCc2cc(C(=O)N[C@H]3COc4cc(N5CCNCC5)ccc4C3)cnc21. The third-order valence-electron chi connectivity index (χ3n) is 6.35. The second kappa shape index (κ2) is 7.67. The van der Waals surface area contributed by atoms with Gasteiger partial charge in [0.2, 0.25) is 0 Å². The van der Waals surface area contributed by atoms with E-state index in [2.05, 4.69) is 45.6 Å². The Morgan fingerprint density at radius 1 is 1.24 bits per heavy atom. The number of nitrogens with one attached hydrogen (secondary N) is 2. The zero-order valence-corrected chi connectivity index (χ0v) is 16.9. The van der Waals surface area contributed by atoms with E-state index in [1.165, 1.54) is 11.3 Å². The van der Waals surface area contributed by atoms with Crippen LogP contribution >= 0.6 is 0 Å². The molecule has 0 unspecified atom stereocenters. The van der Waals surface area contributed by atoms with Gasteiger partial charge in [0.25, 0.3) is 5.91 Å². The van der Waals surface area contributed by atoms with E-state index in [-0.39, 0.29) is 11.9 Å². The summed E-state index contributed by atoms with van der Waals surface area (Å²) in [7, 11) is 0. The summed E-state index contributed by atoms with van der Waals surface area (Å²) in [6.07, 6.45) is 4.64. The molecule has 6 heteroatoms. The number of piperazine rings is 1. The maximum atomic E-state index is 12.7. The first-order valence-electron chi connectivity index (χ1n) is 10.7. The molecule has 1 aliphatic carbocycles. The normalized spacial score (nSPS) is 23.1. The van der Waals surface area contributed by atoms with Crippen LogP contribution in [0.1, 0.15) is 46.4 Å². The lowest BCUT2D eigenvalue weighted by molar-refractivity contribution is 0.0915. The van der Waals surface area contributed by atoms with Gasteiger partial charge in [-0.3, -0.25) is 9.78 Å². The number of rotatable bonds is 3. The highest BCUT2D eigenvalue weighted by Gasteiger charge is 2.25. The van der Waals surface area contributed by atoms with Gasteiger partial charge in [0, 0.05) is 49.8 Å². The largest absolute Gasteiger partial charge is 0.491 e. The molecular weight excluding hydrogens is 364 g/mol. The highest BCUT2D eigenvalue weighted by atomic mass is 16.5. The minimum Gasteiger partial charge on any atom is -0.491 e. The van der Waals surface area contributed by atoms with Gasteiger partial charge in [-0.05, 0) is 48.4 Å². The molecule has 1 fully saturated rings. The topological polar surface area (TPSA) is 66.5 Å². The molecule has 1 aromatic heterocycles. The van der Waals surface area contributed by atoms with E-state index in [4.69, 9.17) is 4.74 Å². The Balaban J connectivity index is 1.25. The molecule has 1 amide bonds. The van der Waals surface area contributed by atoms with Crippen LogP contribution in [0.25, 0.3) is 0 Å². The molecule has 5 rings (SSSR count). The number of hydrogen-bond acceptors (Lipinski definition) is 5. The van der Waals surface area contributed by atoms with Gasteiger partial charge in [0.05, 0.1) is 11.6 Å². The number of benzene rings is 1. The molecule has 1 saturated heterocycles. The number of aryl methyl sites for hydroxylation is 1. The van der Waals surface area contributed by atoms with Crippen LogP contribution in [0, 0.1) is 0 Å². The number of hydrogen-bond donors (Lipinski definition) is 2. The molecule has 3 heterocycles. The molecule has 1 aromatic carbocycles. The van der Waals surface area contributed by atoms with Gasteiger partial charge in [-0.1, -0.05) is 13.0 Å². The average molecular weight is 393 g/mol. The van der Waals surface area contributed by atoms with Gasteiger partial charge >= 0.3 is 0 Å². The number of pyridine rings is 1. The predicted octanol–water partition coefficient (Wildman–Crippen LogP) is 2.27. The smallest absolute Gasteiger partial charge is 0.253 e. The minimum absolute atomic E-state index is 0.0211. The number of aromatic nitrogens is 1. The minimum atomic E-state index is -0.0608. The number of anilines is 1. The van der Waals surface area contributed by atoms with Crippen LogP contribution in [0.4, 0.5) is 5.69 Å². The van der Waals surface area contributed by atoms with Crippen molar-refractivity contribution in [2.24, 2.45) is 0 Å². The Morgan fingerprint density at radius 2 is 2.10 bits per heavy atom. The summed E-state index contributed by atoms with van der Waals surface area (Å²) in [5.74, 6) is 1.38. The van der Waals surface area contributed by atoms with Crippen molar-refractivity contribution in [2.45, 2.75) is 38.1 Å². The number of carbonyl (C=O) groups is 1. The van der Waals surface area contributed by atoms with Crippen molar-refractivity contribution >= 4 is 11.6 Å². The highest BCUT2D eigenvalue weighted by molar-refractivity contribution is 5.94. The maximum Gasteiger partial charge on any atom is 0.253 e. The second-order valence-electron chi connectivity index (χ2n) is 8.42. The molecule has 152 valence electrons. The summed E-state index contributed by atoms with van der Waals surface area (Å²) >= 11 is 0. The van der Waals surface area contributed by atoms with Gasteiger partial charge in [-0.2, -0.15) is 0 Å². The standard InChI is InChI=1S/C23H28N4O2/c1-15-2-3-17-10-18(13-25-22(15)17)23(28)26-19-11-16-4-5-20(12-21(16)29-14-19)27-8-6-24-7-9-27/h4-5,10,12-13,15,19,24H,2-3,6-9,11,14H2,1H3,(H,26,28)/t15-,19-/m1/s1. The molecule has 0 bridgehead atoms. The van der Waals surface area contributed by atoms with Crippen LogP contribution in [0.2, 0.25) is 0 Å². The molecule has 6 nitrogen and oxygen atoms in total. The molecule has 3 aliphatic rings. The quantitative estimate of drug-likeness (QED) is 0.839. The maximum absolute atomic E-state index is 12.7. The fourth-order valence-electron chi connectivity index (χ4n) is 4.64. The van der Waals surface area contributed by atoms with Crippen LogP contribution in [0.15, 0.2) is 30.5 Å². The molecule has 0 saturated carbocycles. The number of ether oxygens (including phenoxy) is 1. The van der Waals surface area contributed by atoms with Crippen molar-refractivity contribution in [2.75, 3.05) is 37.7 Å². The van der Waals surface area contributed by atoms with E-state index >= 15 is 0 Å². The van der Waals surface area contributed by atoms with Gasteiger partial charge in [-0.15, -0.1) is 0 Å². The summed E-state index contributed by atoms with van der Waals surface area (Å²) in [5, 5.41) is 6.52. The first-order chi connectivity index (χ1) is 14.2. The lowest BCUT2D eigenvalue weighted by Gasteiger charge is -2.31. The summed E-state index contributed by atoms with van der Waals surface area (Å²) in [5.41, 5.74) is 5.39. The Hall–Kier alpha value is -2.60. The third-order valence-corrected chi connectivity index (χ3v) is 6.35. The number of nitrogens with zero attached hydrogens (tertiary/aromatic N) is 2. The molecular formula is C23H28N4O2. The summed E-state index contributed by atoms with van der Waals surface area (Å²) in [4.78, 5) is 19.7. The Labute approximate surface area is 171 Å². The third kappa shape index (κ3) is 3.69. The van der Waals surface area contributed by atoms with Crippen LogP contribution in [-0.2, 0) is 12.8 Å². The molecule has 2 atom stereocenters. The molecule has 0 radical (unpaired) electrons. The van der Waals surface area contributed by atoms with Crippen molar-refractivity contribution in [3.05, 3.63) is 52.8 Å². The first-order valence-corrected chi connectivity index (χ1v) is 10.7. The van der Waals surface area contributed by atoms with Crippen molar-refractivity contribution in [3.8, 4) is 5.75 Å². The van der Waals surface area contributed by atoms with Crippen molar-refractivity contribution in [3.63, 3.8) is 0 Å². The molecule has 2 N–H and O–H groups in total. The van der Waals surface area contributed by atoms with Crippen LogP contribution in [0.3, 0.4) is 0 Å². The van der Waals surface area contributed by atoms with Crippen molar-refractivity contribution in [1.29, 1.82) is 0 Å². The zero-order valence-electron chi connectivity index (χ0n) is 16.9. The van der Waals surface area contributed by atoms with E-state index in [1.807, 2.05) is 6.07 Å². The van der Waals surface area contributed by atoms with Crippen LogP contribution in [0.5, 0.6) is 5.75 Å². The summed E-state index contributed by atoms with van der Waals surface area (Å²) in [6, 6.07) is 8.45. The highest BCUT2D eigenvalue weighted by Crippen LogP contribution is 2.32. The van der Waals surface area contributed by atoms with Gasteiger partial charge < -0.3 is 20.3 Å².